The van der Waals surface area contributed by atoms with Crippen molar-refractivity contribution in [3.8, 4) is 0 Å². The molecule has 2 heterocycles. The van der Waals surface area contributed by atoms with E-state index in [0.29, 0.717) is 26.2 Å². The molecule has 24 heavy (non-hydrogen) atoms. The summed E-state index contributed by atoms with van der Waals surface area (Å²) in [5.74, 6) is -1.14. The number of alkyl halides is 3. The molecule has 9 heteroatoms. The van der Waals surface area contributed by atoms with Crippen molar-refractivity contribution in [1.82, 2.24) is 9.97 Å². The van der Waals surface area contributed by atoms with Crippen LogP contribution in [0.25, 0.3) is 0 Å². The van der Waals surface area contributed by atoms with Crippen molar-refractivity contribution in [2.45, 2.75) is 6.18 Å². The van der Waals surface area contributed by atoms with Crippen LogP contribution in [-0.2, 0) is 6.18 Å². The van der Waals surface area contributed by atoms with Crippen LogP contribution in [-0.4, -0.2) is 36.1 Å². The maximum atomic E-state index is 13.8. The van der Waals surface area contributed by atoms with E-state index in [-0.39, 0.29) is 11.5 Å². The number of benzene rings is 1. The second kappa shape index (κ2) is 6.21. The Labute approximate surface area is 134 Å². The van der Waals surface area contributed by atoms with E-state index in [4.69, 9.17) is 0 Å². The van der Waals surface area contributed by atoms with Crippen molar-refractivity contribution >= 4 is 11.5 Å². The Morgan fingerprint density at radius 3 is 2.17 bits per heavy atom. The fourth-order valence-electron chi connectivity index (χ4n) is 2.59. The van der Waals surface area contributed by atoms with Gasteiger partial charge in [-0.2, -0.15) is 13.2 Å². The van der Waals surface area contributed by atoms with Gasteiger partial charge < -0.3 is 9.80 Å². The molecule has 1 fully saturated rings. The number of anilines is 2. The van der Waals surface area contributed by atoms with Crippen molar-refractivity contribution in [3.63, 3.8) is 0 Å². The molecule has 0 aliphatic carbocycles. The van der Waals surface area contributed by atoms with Crippen LogP contribution in [0, 0.1) is 11.6 Å². The normalized spacial score (nSPS) is 15.7. The summed E-state index contributed by atoms with van der Waals surface area (Å²) < 4.78 is 64.9. The third-order valence-electron chi connectivity index (χ3n) is 3.80. The molecule has 2 aromatic rings. The summed E-state index contributed by atoms with van der Waals surface area (Å²) in [6.45, 7) is 1.50. The van der Waals surface area contributed by atoms with E-state index in [1.165, 1.54) is 12.1 Å². The molecule has 0 N–H and O–H groups in total. The quantitative estimate of drug-likeness (QED) is 0.784. The van der Waals surface area contributed by atoms with Gasteiger partial charge in [-0.1, -0.05) is 0 Å². The lowest BCUT2D eigenvalue weighted by Gasteiger charge is -2.36. The van der Waals surface area contributed by atoms with Crippen molar-refractivity contribution in [3.05, 3.63) is 47.9 Å². The maximum Gasteiger partial charge on any atom is 0.433 e. The molecule has 0 spiro atoms. The number of aromatic nitrogens is 2. The van der Waals surface area contributed by atoms with Crippen molar-refractivity contribution < 1.29 is 22.0 Å². The Bertz CT molecular complexity index is 726. The van der Waals surface area contributed by atoms with Crippen LogP contribution >= 0.6 is 0 Å². The predicted octanol–water partition coefficient (Wildman–Crippen LogP) is 3.10. The maximum absolute atomic E-state index is 13.8. The summed E-state index contributed by atoms with van der Waals surface area (Å²) in [5.41, 5.74) is -0.728. The predicted molar refractivity (Wildman–Crippen MR) is 77.8 cm³/mol. The molecule has 1 aliphatic heterocycles. The molecule has 4 nitrogen and oxygen atoms in total. The van der Waals surface area contributed by atoms with Gasteiger partial charge in [0.15, 0.2) is 0 Å². The van der Waals surface area contributed by atoms with Crippen LogP contribution in [0.4, 0.5) is 33.5 Å². The van der Waals surface area contributed by atoms with Crippen LogP contribution in [0.1, 0.15) is 5.69 Å². The number of halogens is 5. The molecule has 1 saturated heterocycles. The molecule has 1 aliphatic rings. The Balaban J connectivity index is 1.71. The summed E-state index contributed by atoms with van der Waals surface area (Å²) in [6.07, 6.45) is -3.65. The van der Waals surface area contributed by atoms with E-state index in [1.54, 1.807) is 9.80 Å². The van der Waals surface area contributed by atoms with Crippen LogP contribution in [0.2, 0.25) is 0 Å². The molecule has 0 unspecified atom stereocenters. The standard InChI is InChI=1S/C15H13F5N4/c16-10-1-2-12(11(17)7-10)23-3-5-24(6-4-23)14-8-13(15(18,19)20)21-9-22-14/h1-2,7-9H,3-6H2. The monoisotopic (exact) mass is 344 g/mol. The van der Waals surface area contributed by atoms with Crippen molar-refractivity contribution in [2.75, 3.05) is 36.0 Å². The summed E-state index contributed by atoms with van der Waals surface area (Å²) in [5, 5.41) is 0. The number of rotatable bonds is 2. The minimum absolute atomic E-state index is 0.177. The summed E-state index contributed by atoms with van der Waals surface area (Å²) in [7, 11) is 0. The molecule has 3 rings (SSSR count). The first kappa shape index (κ1) is 16.4. The van der Waals surface area contributed by atoms with Gasteiger partial charge in [0.25, 0.3) is 0 Å². The summed E-state index contributed by atoms with van der Waals surface area (Å²) >= 11 is 0. The Kier molecular flexibility index (Phi) is 4.25. The van der Waals surface area contributed by atoms with Crippen LogP contribution in [0.3, 0.4) is 0 Å². The third-order valence-corrected chi connectivity index (χ3v) is 3.80. The highest BCUT2D eigenvalue weighted by Crippen LogP contribution is 2.29. The molecule has 128 valence electrons. The van der Waals surface area contributed by atoms with E-state index >= 15 is 0 Å². The Morgan fingerprint density at radius 2 is 1.54 bits per heavy atom. The number of nitrogens with zero attached hydrogens (tertiary/aromatic N) is 4. The average molecular weight is 344 g/mol. The van der Waals surface area contributed by atoms with Gasteiger partial charge in [-0.3, -0.25) is 0 Å². The highest BCUT2D eigenvalue weighted by atomic mass is 19.4. The van der Waals surface area contributed by atoms with E-state index < -0.39 is 23.5 Å². The Morgan fingerprint density at radius 1 is 0.875 bits per heavy atom. The van der Waals surface area contributed by atoms with Crippen LogP contribution in [0.15, 0.2) is 30.6 Å². The number of piperazine rings is 1. The van der Waals surface area contributed by atoms with Crippen LogP contribution < -0.4 is 9.80 Å². The lowest BCUT2D eigenvalue weighted by atomic mass is 10.2. The first-order chi connectivity index (χ1) is 11.3. The van der Waals surface area contributed by atoms with E-state index in [2.05, 4.69) is 9.97 Å². The van der Waals surface area contributed by atoms with Gasteiger partial charge in [0.2, 0.25) is 0 Å². The first-order valence-corrected chi connectivity index (χ1v) is 7.19. The van der Waals surface area contributed by atoms with Gasteiger partial charge in [0.05, 0.1) is 5.69 Å². The molecule has 0 amide bonds. The molecular formula is C15H13F5N4. The lowest BCUT2D eigenvalue weighted by molar-refractivity contribution is -0.141. The second-order valence-corrected chi connectivity index (χ2v) is 5.33. The SMILES string of the molecule is Fc1ccc(N2CCN(c3cc(C(F)(F)F)ncn3)CC2)c(F)c1. The van der Waals surface area contributed by atoms with Gasteiger partial charge >= 0.3 is 6.18 Å². The van der Waals surface area contributed by atoms with Gasteiger partial charge in [-0.05, 0) is 12.1 Å². The number of hydrogen-bond donors (Lipinski definition) is 0. The highest BCUT2D eigenvalue weighted by molar-refractivity contribution is 5.50. The van der Waals surface area contributed by atoms with Crippen LogP contribution in [0.5, 0.6) is 0 Å². The zero-order valence-corrected chi connectivity index (χ0v) is 12.4. The van der Waals surface area contributed by atoms with Gasteiger partial charge in [-0.15, -0.1) is 0 Å². The smallest absolute Gasteiger partial charge is 0.366 e. The summed E-state index contributed by atoms with van der Waals surface area (Å²) in [6, 6.07) is 4.23. The second-order valence-electron chi connectivity index (χ2n) is 5.33. The molecular weight excluding hydrogens is 331 g/mol. The highest BCUT2D eigenvalue weighted by Gasteiger charge is 2.33. The zero-order valence-electron chi connectivity index (χ0n) is 12.4. The minimum atomic E-state index is -4.53. The molecule has 1 aromatic heterocycles. The largest absolute Gasteiger partial charge is 0.433 e. The number of hydrogen-bond acceptors (Lipinski definition) is 4. The van der Waals surface area contributed by atoms with Gasteiger partial charge in [0.1, 0.15) is 29.5 Å². The van der Waals surface area contributed by atoms with Crippen molar-refractivity contribution in [2.24, 2.45) is 0 Å². The molecule has 0 bridgehead atoms. The molecule has 1 aromatic carbocycles. The van der Waals surface area contributed by atoms with E-state index in [9.17, 15) is 22.0 Å². The summed E-state index contributed by atoms with van der Waals surface area (Å²) in [4.78, 5) is 10.5. The van der Waals surface area contributed by atoms with Gasteiger partial charge in [-0.25, -0.2) is 18.7 Å². The molecule has 0 radical (unpaired) electrons. The molecule has 0 saturated carbocycles. The molecule has 0 atom stereocenters. The average Bonchev–Trinajstić information content (AvgIpc) is 2.54. The topological polar surface area (TPSA) is 32.3 Å². The van der Waals surface area contributed by atoms with Gasteiger partial charge in [0, 0.05) is 38.3 Å². The third kappa shape index (κ3) is 3.39. The fraction of sp³-hybridized carbons (Fsp3) is 0.333. The first-order valence-electron chi connectivity index (χ1n) is 7.19. The Hall–Kier alpha value is -2.45. The van der Waals surface area contributed by atoms with E-state index in [1.807, 2.05) is 0 Å². The minimum Gasteiger partial charge on any atom is -0.366 e. The van der Waals surface area contributed by atoms with Crippen molar-refractivity contribution in [1.29, 1.82) is 0 Å². The fourth-order valence-corrected chi connectivity index (χ4v) is 2.59. The lowest BCUT2D eigenvalue weighted by Crippen LogP contribution is -2.47. The van der Waals surface area contributed by atoms with E-state index in [0.717, 1.165) is 18.5 Å². The zero-order chi connectivity index (χ0) is 17.3.